The smallest absolute Gasteiger partial charge is 0.407 e. The highest BCUT2D eigenvalue weighted by Gasteiger charge is 2.18. The summed E-state index contributed by atoms with van der Waals surface area (Å²) >= 11 is 0. The molecule has 0 saturated carbocycles. The maximum Gasteiger partial charge on any atom is 0.407 e. The highest BCUT2D eigenvalue weighted by Crippen LogP contribution is 2.07. The Kier molecular flexibility index (Phi) is 10.0. The normalized spacial score (nSPS) is 12.1. The molecule has 1 aromatic rings. The van der Waals surface area contributed by atoms with E-state index < -0.39 is 29.7 Å². The zero-order valence-corrected chi connectivity index (χ0v) is 16.7. The molecule has 1 amide bonds. The van der Waals surface area contributed by atoms with Gasteiger partial charge in [-0.25, -0.2) is 4.79 Å². The predicted molar refractivity (Wildman–Crippen MR) is 104 cm³/mol. The number of hydrogen-bond donors (Lipinski definition) is 3. The number of carbonyl (C=O) groups is 3. The average Bonchev–Trinajstić information content (AvgIpc) is 2.61. The van der Waals surface area contributed by atoms with E-state index in [2.05, 4.69) is 10.6 Å². The lowest BCUT2D eigenvalue weighted by Crippen LogP contribution is -2.40. The molecule has 0 unspecified atom stereocenters. The van der Waals surface area contributed by atoms with Crippen LogP contribution in [0.2, 0.25) is 0 Å². The van der Waals surface area contributed by atoms with Gasteiger partial charge in [0.1, 0.15) is 18.2 Å². The van der Waals surface area contributed by atoms with Crippen molar-refractivity contribution in [1.29, 1.82) is 0 Å². The molecule has 3 N–H and O–H groups in total. The minimum Gasteiger partial charge on any atom is -0.480 e. The summed E-state index contributed by atoms with van der Waals surface area (Å²) in [6.07, 6.45) is 1.00. The molecule has 8 nitrogen and oxygen atoms in total. The van der Waals surface area contributed by atoms with Gasteiger partial charge in [-0.1, -0.05) is 30.3 Å². The maximum atomic E-state index is 11.8. The van der Waals surface area contributed by atoms with E-state index in [1.807, 2.05) is 30.3 Å². The van der Waals surface area contributed by atoms with Gasteiger partial charge in [0.05, 0.1) is 6.54 Å². The fraction of sp³-hybridized carbons (Fsp3) is 0.550. The zero-order valence-electron chi connectivity index (χ0n) is 16.7. The van der Waals surface area contributed by atoms with Crippen LogP contribution in [-0.4, -0.2) is 47.9 Å². The summed E-state index contributed by atoms with van der Waals surface area (Å²) in [5.41, 5.74) is 0.306. The largest absolute Gasteiger partial charge is 0.480 e. The molecule has 1 rings (SSSR count). The summed E-state index contributed by atoms with van der Waals surface area (Å²) in [5, 5.41) is 14.6. The second kappa shape index (κ2) is 12.0. The Morgan fingerprint density at radius 1 is 1.11 bits per heavy atom. The van der Waals surface area contributed by atoms with Crippen molar-refractivity contribution in [3.05, 3.63) is 35.9 Å². The van der Waals surface area contributed by atoms with Crippen LogP contribution in [0.5, 0.6) is 0 Å². The highest BCUT2D eigenvalue weighted by atomic mass is 16.6. The van der Waals surface area contributed by atoms with Gasteiger partial charge in [0.15, 0.2) is 0 Å². The molecule has 1 atom stereocenters. The first-order valence-corrected chi connectivity index (χ1v) is 9.30. The number of rotatable bonds is 11. The zero-order chi connectivity index (χ0) is 21.0. The fourth-order valence-corrected chi connectivity index (χ4v) is 2.29. The molecular formula is C20H30N2O6. The van der Waals surface area contributed by atoms with Crippen LogP contribution >= 0.6 is 0 Å². The van der Waals surface area contributed by atoms with Gasteiger partial charge >= 0.3 is 18.0 Å². The molecule has 0 saturated heterocycles. The summed E-state index contributed by atoms with van der Waals surface area (Å²) < 4.78 is 10.2. The van der Waals surface area contributed by atoms with Crippen molar-refractivity contribution in [1.82, 2.24) is 10.6 Å². The molecule has 0 aliphatic rings. The van der Waals surface area contributed by atoms with Crippen LogP contribution in [0.3, 0.4) is 0 Å². The number of benzene rings is 1. The molecule has 0 aliphatic heterocycles. The Bertz CT molecular complexity index is 627. The monoisotopic (exact) mass is 394 g/mol. The van der Waals surface area contributed by atoms with E-state index in [0.717, 1.165) is 5.56 Å². The van der Waals surface area contributed by atoms with Gasteiger partial charge in [0.2, 0.25) is 0 Å². The van der Waals surface area contributed by atoms with Crippen LogP contribution in [0.4, 0.5) is 4.79 Å². The first-order valence-electron chi connectivity index (χ1n) is 9.30. The molecule has 156 valence electrons. The van der Waals surface area contributed by atoms with Crippen LogP contribution < -0.4 is 10.6 Å². The average molecular weight is 394 g/mol. The van der Waals surface area contributed by atoms with Gasteiger partial charge in [-0.15, -0.1) is 0 Å². The Hall–Kier alpha value is -2.61. The number of carboxylic acids is 1. The van der Waals surface area contributed by atoms with E-state index in [1.165, 1.54) is 0 Å². The molecule has 8 heteroatoms. The Balaban J connectivity index is 2.21. The molecule has 0 aliphatic carbocycles. The van der Waals surface area contributed by atoms with Crippen molar-refractivity contribution in [2.24, 2.45) is 0 Å². The van der Waals surface area contributed by atoms with Crippen molar-refractivity contribution < 1.29 is 29.0 Å². The lowest BCUT2D eigenvalue weighted by atomic mass is 10.1. The second-order valence-electron chi connectivity index (χ2n) is 7.34. The summed E-state index contributed by atoms with van der Waals surface area (Å²) in [6.45, 7) is 5.69. The molecule has 1 aromatic carbocycles. The Labute approximate surface area is 165 Å². The predicted octanol–water partition coefficient (Wildman–Crippen LogP) is 2.47. The number of carboxylic acid groups (broad SMARTS) is 1. The summed E-state index contributed by atoms with van der Waals surface area (Å²) in [7, 11) is 0. The minimum atomic E-state index is -1.03. The van der Waals surface area contributed by atoms with E-state index in [1.54, 1.807) is 20.8 Å². The van der Waals surface area contributed by atoms with Crippen LogP contribution in [0.25, 0.3) is 0 Å². The van der Waals surface area contributed by atoms with E-state index in [0.29, 0.717) is 25.8 Å². The Morgan fingerprint density at radius 3 is 2.39 bits per heavy atom. The molecule has 0 aromatic heterocycles. The number of aliphatic carboxylic acids is 1. The fourth-order valence-electron chi connectivity index (χ4n) is 2.29. The number of carbonyl (C=O) groups excluding carboxylic acids is 2. The van der Waals surface area contributed by atoms with Gasteiger partial charge in [-0.2, -0.15) is 0 Å². The first-order chi connectivity index (χ1) is 13.2. The van der Waals surface area contributed by atoms with Crippen LogP contribution in [0, 0.1) is 0 Å². The van der Waals surface area contributed by atoms with E-state index in [-0.39, 0.29) is 13.2 Å². The van der Waals surface area contributed by atoms with Crippen LogP contribution in [0.1, 0.15) is 45.6 Å². The van der Waals surface area contributed by atoms with Gasteiger partial charge < -0.3 is 19.9 Å². The summed E-state index contributed by atoms with van der Waals surface area (Å²) in [6, 6.07) is 8.38. The molecule has 0 fully saturated rings. The number of amides is 1. The van der Waals surface area contributed by atoms with Crippen molar-refractivity contribution >= 4 is 18.0 Å². The number of alkyl carbamates (subject to hydrolysis) is 1. The second-order valence-corrected chi connectivity index (χ2v) is 7.34. The van der Waals surface area contributed by atoms with Crippen molar-refractivity contribution in [2.45, 2.75) is 58.3 Å². The van der Waals surface area contributed by atoms with Gasteiger partial charge in [-0.3, -0.25) is 14.9 Å². The van der Waals surface area contributed by atoms with Crippen molar-refractivity contribution in [3.63, 3.8) is 0 Å². The Morgan fingerprint density at radius 2 is 1.79 bits per heavy atom. The highest BCUT2D eigenvalue weighted by molar-refractivity contribution is 5.76. The third kappa shape index (κ3) is 11.2. The number of hydrogen-bond acceptors (Lipinski definition) is 6. The molecule has 0 bridgehead atoms. The van der Waals surface area contributed by atoms with E-state index >= 15 is 0 Å². The number of unbranched alkanes of at least 4 members (excludes halogenated alkanes) is 1. The third-order valence-corrected chi connectivity index (χ3v) is 3.62. The van der Waals surface area contributed by atoms with E-state index in [9.17, 15) is 19.5 Å². The van der Waals surface area contributed by atoms with Crippen LogP contribution in [-0.2, 0) is 25.7 Å². The summed E-state index contributed by atoms with van der Waals surface area (Å²) in [4.78, 5) is 34.6. The topological polar surface area (TPSA) is 114 Å². The van der Waals surface area contributed by atoms with E-state index in [4.69, 9.17) is 9.47 Å². The molecule has 0 heterocycles. The maximum absolute atomic E-state index is 11.8. The molecule has 0 spiro atoms. The van der Waals surface area contributed by atoms with Crippen LogP contribution in [0.15, 0.2) is 30.3 Å². The first kappa shape index (κ1) is 23.4. The third-order valence-electron chi connectivity index (χ3n) is 3.62. The lowest BCUT2D eigenvalue weighted by molar-refractivity contribution is -0.144. The minimum absolute atomic E-state index is 0.148. The molecule has 28 heavy (non-hydrogen) atoms. The van der Waals surface area contributed by atoms with Crippen molar-refractivity contribution in [2.75, 3.05) is 13.1 Å². The number of ether oxygens (including phenoxy) is 2. The number of esters is 1. The van der Waals surface area contributed by atoms with Gasteiger partial charge in [0.25, 0.3) is 0 Å². The standard InChI is InChI=1S/C20H30N2O6/c1-20(2,3)28-19(26)21-12-8-7-11-16(18(24)25)22-13-17(23)27-14-15-9-5-4-6-10-15/h4-6,9-10,16,22H,7-8,11-14H2,1-3H3,(H,21,26)(H,24,25)/t16-/m1/s1. The molecular weight excluding hydrogens is 364 g/mol. The lowest BCUT2D eigenvalue weighted by Gasteiger charge is -2.19. The number of nitrogens with one attached hydrogen (secondary N) is 2. The SMILES string of the molecule is CC(C)(C)OC(=O)NCCCC[C@@H](NCC(=O)OCc1ccccc1)C(=O)O. The van der Waals surface area contributed by atoms with Gasteiger partial charge in [0, 0.05) is 6.54 Å². The van der Waals surface area contributed by atoms with Gasteiger partial charge in [-0.05, 0) is 45.6 Å². The molecule has 0 radical (unpaired) electrons. The quantitative estimate of drug-likeness (QED) is 0.390. The summed E-state index contributed by atoms with van der Waals surface area (Å²) in [5.74, 6) is -1.54. The van der Waals surface area contributed by atoms with Crippen molar-refractivity contribution in [3.8, 4) is 0 Å².